The van der Waals surface area contributed by atoms with Gasteiger partial charge in [-0.25, -0.2) is 0 Å². The van der Waals surface area contributed by atoms with Crippen LogP contribution in [0.25, 0.3) is 11.5 Å². The third kappa shape index (κ3) is 2.29. The topological polar surface area (TPSA) is 105 Å². The molecule has 0 spiro atoms. The minimum Gasteiger partial charge on any atom is -0.271 e. The van der Waals surface area contributed by atoms with Crippen molar-refractivity contribution in [2.75, 3.05) is 0 Å². The fourth-order valence-corrected chi connectivity index (χ4v) is 2.98. The molecule has 11 heteroatoms. The van der Waals surface area contributed by atoms with Crippen LogP contribution in [0.15, 0.2) is 35.5 Å². The molecule has 0 bridgehead atoms. The first-order valence-electron chi connectivity index (χ1n) is 6.29. The van der Waals surface area contributed by atoms with Crippen LogP contribution in [0.5, 0.6) is 0 Å². The molecule has 4 rings (SSSR count). The Kier molecular flexibility index (Phi) is 3.20. The van der Waals surface area contributed by atoms with E-state index in [1.807, 2.05) is 34.9 Å². The summed E-state index contributed by atoms with van der Waals surface area (Å²) >= 11 is 6.75. The van der Waals surface area contributed by atoms with Crippen LogP contribution < -0.4 is 0 Å². The van der Waals surface area contributed by atoms with Crippen molar-refractivity contribution in [2.45, 2.75) is 10.9 Å². The average molecular weight is 331 g/mol. The fraction of sp³-hybridized carbons (Fsp3) is 0.0909. The van der Waals surface area contributed by atoms with Gasteiger partial charge in [0, 0.05) is 5.69 Å². The molecule has 0 atom stereocenters. The Bertz CT molecular complexity index is 936. The van der Waals surface area contributed by atoms with Gasteiger partial charge in [0.15, 0.2) is 4.77 Å². The molecule has 0 saturated heterocycles. The van der Waals surface area contributed by atoms with Crippen molar-refractivity contribution in [3.05, 3.63) is 40.9 Å². The number of nitrogens with zero attached hydrogens (tertiary/aromatic N) is 7. The number of H-pyrrole nitrogens is 2. The van der Waals surface area contributed by atoms with Crippen molar-refractivity contribution in [1.82, 2.24) is 45.0 Å². The molecule has 9 nitrogen and oxygen atoms in total. The molecule has 110 valence electrons. The number of aromatic nitrogens is 9. The second kappa shape index (κ2) is 5.35. The third-order valence-electron chi connectivity index (χ3n) is 2.94. The highest BCUT2D eigenvalue weighted by Gasteiger charge is 2.12. The third-order valence-corrected chi connectivity index (χ3v) is 4.04. The van der Waals surface area contributed by atoms with Gasteiger partial charge in [0.25, 0.3) is 5.78 Å². The molecule has 22 heavy (non-hydrogen) atoms. The highest BCUT2D eigenvalue weighted by Crippen LogP contribution is 2.20. The highest BCUT2D eigenvalue weighted by atomic mass is 32.2. The van der Waals surface area contributed by atoms with E-state index in [1.165, 1.54) is 16.4 Å². The lowest BCUT2D eigenvalue weighted by Crippen LogP contribution is -2.00. The number of rotatable bonds is 4. The first kappa shape index (κ1) is 13.2. The molecule has 0 radical (unpaired) electrons. The summed E-state index contributed by atoms with van der Waals surface area (Å²) in [5.41, 5.74) is 0.965. The largest absolute Gasteiger partial charge is 0.291 e. The van der Waals surface area contributed by atoms with Gasteiger partial charge >= 0.3 is 0 Å². The average Bonchev–Trinajstić information content (AvgIpc) is 3.20. The first-order valence-corrected chi connectivity index (χ1v) is 7.69. The van der Waals surface area contributed by atoms with Gasteiger partial charge < -0.3 is 0 Å². The maximum Gasteiger partial charge on any atom is 0.291 e. The van der Waals surface area contributed by atoms with E-state index < -0.39 is 0 Å². The molecule has 0 fully saturated rings. The molecule has 4 aromatic rings. The van der Waals surface area contributed by atoms with Crippen molar-refractivity contribution in [3.63, 3.8) is 0 Å². The van der Waals surface area contributed by atoms with Crippen LogP contribution in [0.1, 0.15) is 5.82 Å². The predicted molar refractivity (Wildman–Crippen MR) is 81.2 cm³/mol. The summed E-state index contributed by atoms with van der Waals surface area (Å²) in [5, 5.41) is 21.9. The molecule has 0 aliphatic carbocycles. The van der Waals surface area contributed by atoms with Crippen molar-refractivity contribution in [2.24, 2.45) is 0 Å². The van der Waals surface area contributed by atoms with E-state index in [4.69, 9.17) is 12.2 Å². The SMILES string of the molecule is S=c1[nH]nc(CSc2nc3nn[nH]n3n2)n1-c1ccccc1. The van der Waals surface area contributed by atoms with Crippen LogP contribution in [0.4, 0.5) is 0 Å². The Labute approximate surface area is 132 Å². The number of aromatic amines is 2. The van der Waals surface area contributed by atoms with Gasteiger partial charge in [-0.3, -0.25) is 9.67 Å². The van der Waals surface area contributed by atoms with E-state index in [-0.39, 0.29) is 0 Å². The number of tetrazole rings is 1. The van der Waals surface area contributed by atoms with Gasteiger partial charge in [0.05, 0.1) is 5.75 Å². The lowest BCUT2D eigenvalue weighted by molar-refractivity contribution is 0.715. The Morgan fingerprint density at radius 2 is 2.09 bits per heavy atom. The van der Waals surface area contributed by atoms with Crippen LogP contribution in [0.3, 0.4) is 0 Å². The van der Waals surface area contributed by atoms with Crippen molar-refractivity contribution in [1.29, 1.82) is 0 Å². The molecular weight excluding hydrogens is 322 g/mol. The molecule has 3 aromatic heterocycles. The van der Waals surface area contributed by atoms with E-state index in [0.717, 1.165) is 11.5 Å². The number of nitrogens with one attached hydrogen (secondary N) is 2. The smallest absolute Gasteiger partial charge is 0.271 e. The van der Waals surface area contributed by atoms with Crippen LogP contribution >= 0.6 is 24.0 Å². The van der Waals surface area contributed by atoms with Crippen molar-refractivity contribution in [3.8, 4) is 5.69 Å². The summed E-state index contributed by atoms with van der Waals surface area (Å²) in [5.74, 6) is 1.80. The van der Waals surface area contributed by atoms with Crippen molar-refractivity contribution >= 4 is 29.8 Å². The van der Waals surface area contributed by atoms with Crippen LogP contribution in [-0.2, 0) is 5.75 Å². The Hall–Kier alpha value is -2.53. The Morgan fingerprint density at radius 1 is 1.23 bits per heavy atom. The zero-order valence-corrected chi connectivity index (χ0v) is 12.7. The zero-order valence-electron chi connectivity index (χ0n) is 11.0. The lowest BCUT2D eigenvalue weighted by atomic mass is 10.3. The molecular formula is C11H9N9S2. The fourth-order valence-electron chi connectivity index (χ4n) is 1.99. The number of benzene rings is 1. The van der Waals surface area contributed by atoms with E-state index in [0.29, 0.717) is 21.5 Å². The normalized spacial score (nSPS) is 11.3. The number of thioether (sulfide) groups is 1. The zero-order chi connectivity index (χ0) is 14.9. The summed E-state index contributed by atoms with van der Waals surface area (Å²) in [6.07, 6.45) is 0. The summed E-state index contributed by atoms with van der Waals surface area (Å²) in [4.78, 5) is 4.23. The first-order chi connectivity index (χ1) is 10.8. The number of hydrogen-bond donors (Lipinski definition) is 2. The van der Waals surface area contributed by atoms with Crippen LogP contribution in [0.2, 0.25) is 0 Å². The van der Waals surface area contributed by atoms with E-state index in [1.54, 1.807) is 0 Å². The van der Waals surface area contributed by atoms with Crippen LogP contribution in [-0.4, -0.2) is 45.0 Å². The molecule has 0 aliphatic heterocycles. The van der Waals surface area contributed by atoms with Crippen molar-refractivity contribution < 1.29 is 0 Å². The molecule has 0 aliphatic rings. The number of fused-ring (bicyclic) bond motifs is 1. The van der Waals surface area contributed by atoms with Gasteiger partial charge in [-0.15, -0.1) is 9.73 Å². The van der Waals surface area contributed by atoms with Gasteiger partial charge in [0.1, 0.15) is 5.82 Å². The van der Waals surface area contributed by atoms with Gasteiger partial charge in [0.2, 0.25) is 5.16 Å². The molecule has 3 heterocycles. The summed E-state index contributed by atoms with van der Waals surface area (Å²) in [6.45, 7) is 0. The van der Waals surface area contributed by atoms with E-state index in [9.17, 15) is 0 Å². The molecule has 2 N–H and O–H groups in total. The summed E-state index contributed by atoms with van der Waals surface area (Å²) < 4.78 is 3.86. The minimum atomic E-state index is 0.435. The number of para-hydroxylation sites is 1. The molecule has 0 unspecified atom stereocenters. The summed E-state index contributed by atoms with van der Waals surface area (Å²) in [7, 11) is 0. The van der Waals surface area contributed by atoms with Gasteiger partial charge in [-0.05, 0) is 29.6 Å². The van der Waals surface area contributed by atoms with E-state index >= 15 is 0 Å². The van der Waals surface area contributed by atoms with E-state index in [2.05, 4.69) is 35.8 Å². The minimum absolute atomic E-state index is 0.435. The van der Waals surface area contributed by atoms with Crippen LogP contribution in [0, 0.1) is 4.77 Å². The van der Waals surface area contributed by atoms with Gasteiger partial charge in [-0.1, -0.05) is 35.1 Å². The maximum absolute atomic E-state index is 5.30. The molecule has 0 amide bonds. The molecule has 0 saturated carbocycles. The highest BCUT2D eigenvalue weighted by molar-refractivity contribution is 7.98. The van der Waals surface area contributed by atoms with Gasteiger partial charge in [-0.2, -0.15) is 15.3 Å². The summed E-state index contributed by atoms with van der Waals surface area (Å²) in [6, 6.07) is 9.83. The maximum atomic E-state index is 5.30. The second-order valence-electron chi connectivity index (χ2n) is 4.31. The monoisotopic (exact) mass is 331 g/mol. The quantitative estimate of drug-likeness (QED) is 0.430. The predicted octanol–water partition coefficient (Wildman–Crippen LogP) is 1.38. The lowest BCUT2D eigenvalue weighted by Gasteiger charge is -2.05. The Balaban J connectivity index is 1.61. The molecule has 1 aromatic carbocycles. The second-order valence-corrected chi connectivity index (χ2v) is 5.64. The standard InChI is InChI=1S/C11H9N9S2/c21-11-15-13-8(19(11)7-4-2-1-3-5-7)6-22-10-12-9-14-17-18-20(9)16-10/h1-5H,6H2,(H,15,21)(H,12,14,16,18). The number of hydrogen-bond acceptors (Lipinski definition) is 7. The Morgan fingerprint density at radius 3 is 2.91 bits per heavy atom.